The predicted molar refractivity (Wildman–Crippen MR) is 95.4 cm³/mol. The number of ether oxygens (including phenoxy) is 2. The maximum absolute atomic E-state index is 12.1. The van der Waals surface area contributed by atoms with Gasteiger partial charge < -0.3 is 20.1 Å². The summed E-state index contributed by atoms with van der Waals surface area (Å²) in [5.41, 5.74) is 0.872. The van der Waals surface area contributed by atoms with Crippen LogP contribution < -0.4 is 20.1 Å². The highest BCUT2D eigenvalue weighted by atomic mass is 16.5. The van der Waals surface area contributed by atoms with E-state index < -0.39 is 5.97 Å². The number of hydrogen-bond acceptors (Lipinski definition) is 5. The van der Waals surface area contributed by atoms with E-state index in [0.29, 0.717) is 22.6 Å². The summed E-state index contributed by atoms with van der Waals surface area (Å²) in [5, 5.41) is 5.41. The minimum atomic E-state index is -0.455. The zero-order valence-corrected chi connectivity index (χ0v) is 14.6. The maximum Gasteiger partial charge on any atom is 0.308 e. The molecule has 0 aromatic heterocycles. The van der Waals surface area contributed by atoms with Crippen LogP contribution in [0.4, 0.5) is 0 Å². The highest BCUT2D eigenvalue weighted by molar-refractivity contribution is 5.95. The van der Waals surface area contributed by atoms with Gasteiger partial charge in [0, 0.05) is 31.1 Å². The van der Waals surface area contributed by atoms with Crippen LogP contribution in [0.2, 0.25) is 0 Å². The van der Waals surface area contributed by atoms with E-state index in [1.165, 1.54) is 13.0 Å². The van der Waals surface area contributed by atoms with Crippen molar-refractivity contribution in [3.63, 3.8) is 0 Å². The van der Waals surface area contributed by atoms with Gasteiger partial charge in [-0.3, -0.25) is 14.4 Å². The smallest absolute Gasteiger partial charge is 0.308 e. The van der Waals surface area contributed by atoms with Crippen LogP contribution in [-0.2, 0) is 4.79 Å². The summed E-state index contributed by atoms with van der Waals surface area (Å²) in [4.78, 5) is 35.0. The number of rotatable bonds is 7. The highest BCUT2D eigenvalue weighted by Gasteiger charge is 2.08. The Morgan fingerprint density at radius 3 is 2.04 bits per heavy atom. The Kier molecular flexibility index (Phi) is 6.73. The second kappa shape index (κ2) is 9.22. The molecule has 0 atom stereocenters. The number of amides is 2. The molecule has 26 heavy (non-hydrogen) atoms. The van der Waals surface area contributed by atoms with Crippen LogP contribution in [-0.4, -0.2) is 38.0 Å². The third-order valence-corrected chi connectivity index (χ3v) is 3.41. The van der Waals surface area contributed by atoms with Gasteiger partial charge in [-0.25, -0.2) is 0 Å². The van der Waals surface area contributed by atoms with E-state index in [-0.39, 0.29) is 24.9 Å². The number of methoxy groups -OCH3 is 1. The van der Waals surface area contributed by atoms with Crippen molar-refractivity contribution in [1.29, 1.82) is 0 Å². The molecule has 0 spiro atoms. The van der Waals surface area contributed by atoms with Crippen molar-refractivity contribution in [3.8, 4) is 11.5 Å². The van der Waals surface area contributed by atoms with Gasteiger partial charge in [-0.05, 0) is 42.5 Å². The van der Waals surface area contributed by atoms with Gasteiger partial charge in [0.2, 0.25) is 0 Å². The molecule has 2 N–H and O–H groups in total. The first-order valence-corrected chi connectivity index (χ1v) is 7.98. The van der Waals surface area contributed by atoms with Crippen LogP contribution in [0.3, 0.4) is 0 Å². The Hall–Kier alpha value is -3.35. The SMILES string of the molecule is COc1ccc(C(=O)NCCNC(=O)c2cccc(OC(C)=O)c2)cc1. The van der Waals surface area contributed by atoms with Crippen molar-refractivity contribution in [3.05, 3.63) is 59.7 Å². The molecular weight excluding hydrogens is 336 g/mol. The van der Waals surface area contributed by atoms with E-state index in [2.05, 4.69) is 10.6 Å². The summed E-state index contributed by atoms with van der Waals surface area (Å²) < 4.78 is 9.98. The molecule has 7 heteroatoms. The number of benzene rings is 2. The number of esters is 1. The minimum absolute atomic E-state index is 0.237. The molecule has 0 aliphatic rings. The summed E-state index contributed by atoms with van der Waals surface area (Å²) in [6.07, 6.45) is 0. The van der Waals surface area contributed by atoms with Crippen LogP contribution in [0, 0.1) is 0 Å². The number of carbonyl (C=O) groups excluding carboxylic acids is 3. The molecule has 0 radical (unpaired) electrons. The van der Waals surface area contributed by atoms with Gasteiger partial charge >= 0.3 is 5.97 Å². The summed E-state index contributed by atoms with van der Waals surface area (Å²) in [6, 6.07) is 13.0. The van der Waals surface area contributed by atoms with Crippen LogP contribution >= 0.6 is 0 Å². The van der Waals surface area contributed by atoms with Gasteiger partial charge in [0.05, 0.1) is 7.11 Å². The van der Waals surface area contributed by atoms with E-state index in [9.17, 15) is 14.4 Å². The Bertz CT molecular complexity index is 787. The first kappa shape index (κ1) is 19.0. The molecule has 0 saturated carbocycles. The summed E-state index contributed by atoms with van der Waals surface area (Å²) in [7, 11) is 1.56. The Morgan fingerprint density at radius 2 is 1.46 bits per heavy atom. The molecule has 2 aromatic carbocycles. The fraction of sp³-hybridized carbons (Fsp3) is 0.211. The fourth-order valence-corrected chi connectivity index (χ4v) is 2.17. The van der Waals surface area contributed by atoms with Gasteiger partial charge in [0.15, 0.2) is 0 Å². The summed E-state index contributed by atoms with van der Waals surface area (Å²) in [5.74, 6) is -0.0389. The summed E-state index contributed by atoms with van der Waals surface area (Å²) >= 11 is 0. The molecule has 0 bridgehead atoms. The Labute approximate surface area is 151 Å². The first-order chi connectivity index (χ1) is 12.5. The van der Waals surface area contributed by atoms with Crippen molar-refractivity contribution in [2.45, 2.75) is 6.92 Å². The average molecular weight is 356 g/mol. The van der Waals surface area contributed by atoms with E-state index in [1.807, 2.05) is 0 Å². The standard InChI is InChI=1S/C19H20N2O5/c1-13(22)26-17-5-3-4-15(12-17)19(24)21-11-10-20-18(23)14-6-8-16(25-2)9-7-14/h3-9,12H,10-11H2,1-2H3,(H,20,23)(H,21,24). The first-order valence-electron chi connectivity index (χ1n) is 7.98. The zero-order chi connectivity index (χ0) is 18.9. The van der Waals surface area contributed by atoms with Gasteiger partial charge in [0.25, 0.3) is 11.8 Å². The quantitative estimate of drug-likeness (QED) is 0.448. The van der Waals surface area contributed by atoms with Gasteiger partial charge in [0.1, 0.15) is 11.5 Å². The Morgan fingerprint density at radius 1 is 0.846 bits per heavy atom. The van der Waals surface area contributed by atoms with Crippen molar-refractivity contribution in [1.82, 2.24) is 10.6 Å². The lowest BCUT2D eigenvalue weighted by Gasteiger charge is -2.08. The number of hydrogen-bond donors (Lipinski definition) is 2. The van der Waals surface area contributed by atoms with E-state index in [4.69, 9.17) is 9.47 Å². The molecule has 2 rings (SSSR count). The van der Waals surface area contributed by atoms with Crippen LogP contribution in [0.1, 0.15) is 27.6 Å². The minimum Gasteiger partial charge on any atom is -0.497 e. The molecule has 136 valence electrons. The predicted octanol–water partition coefficient (Wildman–Crippen LogP) is 1.78. The van der Waals surface area contributed by atoms with Gasteiger partial charge in [-0.2, -0.15) is 0 Å². The highest BCUT2D eigenvalue weighted by Crippen LogP contribution is 2.13. The van der Waals surface area contributed by atoms with E-state index in [0.717, 1.165) is 0 Å². The molecule has 0 fully saturated rings. The lowest BCUT2D eigenvalue weighted by atomic mass is 10.2. The van der Waals surface area contributed by atoms with Crippen LogP contribution in [0.25, 0.3) is 0 Å². The van der Waals surface area contributed by atoms with Crippen molar-refractivity contribution < 1.29 is 23.9 Å². The third kappa shape index (κ3) is 5.62. The third-order valence-electron chi connectivity index (χ3n) is 3.41. The molecule has 0 heterocycles. The number of carbonyl (C=O) groups is 3. The van der Waals surface area contributed by atoms with E-state index in [1.54, 1.807) is 49.6 Å². The second-order valence-electron chi connectivity index (χ2n) is 5.36. The van der Waals surface area contributed by atoms with Gasteiger partial charge in [-0.1, -0.05) is 6.07 Å². The van der Waals surface area contributed by atoms with Crippen molar-refractivity contribution in [2.24, 2.45) is 0 Å². The van der Waals surface area contributed by atoms with Crippen LogP contribution in [0.5, 0.6) is 11.5 Å². The Balaban J connectivity index is 1.79. The van der Waals surface area contributed by atoms with Crippen LogP contribution in [0.15, 0.2) is 48.5 Å². The molecule has 0 aliphatic carbocycles. The topological polar surface area (TPSA) is 93.7 Å². The summed E-state index contributed by atoms with van der Waals surface area (Å²) in [6.45, 7) is 1.83. The van der Waals surface area contributed by atoms with Gasteiger partial charge in [-0.15, -0.1) is 0 Å². The molecule has 0 saturated heterocycles. The second-order valence-corrected chi connectivity index (χ2v) is 5.36. The largest absolute Gasteiger partial charge is 0.497 e. The number of nitrogens with one attached hydrogen (secondary N) is 2. The van der Waals surface area contributed by atoms with E-state index >= 15 is 0 Å². The van der Waals surface area contributed by atoms with Crippen molar-refractivity contribution >= 4 is 17.8 Å². The average Bonchev–Trinajstić information content (AvgIpc) is 2.64. The van der Waals surface area contributed by atoms with Crippen molar-refractivity contribution in [2.75, 3.05) is 20.2 Å². The molecule has 2 amide bonds. The fourth-order valence-electron chi connectivity index (χ4n) is 2.17. The molecule has 7 nitrogen and oxygen atoms in total. The maximum atomic E-state index is 12.1. The normalized spacial score (nSPS) is 9.92. The molecule has 0 unspecified atom stereocenters. The molecule has 2 aromatic rings. The zero-order valence-electron chi connectivity index (χ0n) is 14.6. The lowest BCUT2D eigenvalue weighted by molar-refractivity contribution is -0.131. The lowest BCUT2D eigenvalue weighted by Crippen LogP contribution is -2.34. The monoisotopic (exact) mass is 356 g/mol. The molecule has 0 aliphatic heterocycles. The molecular formula is C19H20N2O5.